The fraction of sp³-hybridized carbons (Fsp3) is 0.333. The summed E-state index contributed by atoms with van der Waals surface area (Å²) in [4.78, 5) is 37.7. The molecule has 0 aromatic carbocycles. The maximum atomic E-state index is 10.6. The number of hydrogen-bond donors (Lipinski definition) is 4. The summed E-state index contributed by atoms with van der Waals surface area (Å²) in [7, 11) is 0. The summed E-state index contributed by atoms with van der Waals surface area (Å²) in [6.07, 6.45) is -11.8. The Morgan fingerprint density at radius 1 is 0.867 bits per heavy atom. The second-order valence-corrected chi connectivity index (χ2v) is 8.43. The van der Waals surface area contributed by atoms with E-state index in [1.807, 2.05) is 25.1 Å². The van der Waals surface area contributed by atoms with Crippen molar-refractivity contribution in [3.8, 4) is 5.75 Å². The Bertz CT molecular complexity index is 1360. The molecule has 21 heteroatoms. The SMILES string of the molecule is Cc1cccc(CN2Cc3[nH]nc(COc4cccnc4)c3C2)n1.O=C(O)C(F)(F)F.O=C(O)C(F)(F)F.O=C(O)C(F)(F)F. The second kappa shape index (κ2) is 16.2. The first kappa shape index (κ1) is 38.1. The summed E-state index contributed by atoms with van der Waals surface area (Å²) in [5.74, 6) is -7.51. The molecule has 0 saturated carbocycles. The van der Waals surface area contributed by atoms with Gasteiger partial charge in [-0.05, 0) is 31.2 Å². The van der Waals surface area contributed by atoms with E-state index in [-0.39, 0.29) is 0 Å². The van der Waals surface area contributed by atoms with E-state index in [2.05, 4.69) is 37.2 Å². The van der Waals surface area contributed by atoms with Crippen LogP contribution in [0.1, 0.15) is 28.3 Å². The van der Waals surface area contributed by atoms with Crippen molar-refractivity contribution in [3.63, 3.8) is 0 Å². The van der Waals surface area contributed by atoms with Crippen molar-refractivity contribution in [2.24, 2.45) is 0 Å². The third-order valence-electron chi connectivity index (χ3n) is 4.87. The number of rotatable bonds is 5. The predicted octanol–water partition coefficient (Wildman–Crippen LogP) is 4.50. The Kier molecular flexibility index (Phi) is 13.7. The quantitative estimate of drug-likeness (QED) is 0.283. The molecule has 0 spiro atoms. The number of carboxylic acid groups (broad SMARTS) is 3. The van der Waals surface area contributed by atoms with Crippen LogP contribution in [0.3, 0.4) is 0 Å². The van der Waals surface area contributed by atoms with Gasteiger partial charge in [0.15, 0.2) is 0 Å². The summed E-state index contributed by atoms with van der Waals surface area (Å²) in [5, 5.41) is 28.9. The van der Waals surface area contributed by atoms with Gasteiger partial charge in [-0.3, -0.25) is 20.0 Å². The van der Waals surface area contributed by atoms with Gasteiger partial charge >= 0.3 is 36.4 Å². The van der Waals surface area contributed by atoms with Gasteiger partial charge in [-0.1, -0.05) is 6.07 Å². The van der Waals surface area contributed by atoms with Gasteiger partial charge in [0.1, 0.15) is 18.1 Å². The summed E-state index contributed by atoms with van der Waals surface area (Å²) in [6, 6.07) is 9.91. The molecular weight excluding hydrogens is 641 g/mol. The van der Waals surface area contributed by atoms with Crippen LogP contribution in [0, 0.1) is 6.92 Å². The maximum Gasteiger partial charge on any atom is 0.490 e. The predicted molar refractivity (Wildman–Crippen MR) is 130 cm³/mol. The molecule has 45 heavy (non-hydrogen) atoms. The van der Waals surface area contributed by atoms with E-state index in [9.17, 15) is 39.5 Å². The Morgan fingerprint density at radius 2 is 1.40 bits per heavy atom. The number of aromatic nitrogens is 4. The molecule has 4 N–H and O–H groups in total. The summed E-state index contributed by atoms with van der Waals surface area (Å²) < 4.78 is 101. The Balaban J connectivity index is 0.000000396. The average molecular weight is 663 g/mol. The molecule has 12 nitrogen and oxygen atoms in total. The molecular formula is C24H22F9N5O7. The normalized spacial score (nSPS) is 12.7. The van der Waals surface area contributed by atoms with Crippen LogP contribution >= 0.6 is 0 Å². The van der Waals surface area contributed by atoms with Crippen molar-refractivity contribution in [1.82, 2.24) is 25.1 Å². The minimum atomic E-state index is -5.08. The van der Waals surface area contributed by atoms with Crippen molar-refractivity contribution in [2.75, 3.05) is 0 Å². The monoisotopic (exact) mass is 663 g/mol. The molecule has 4 heterocycles. The second-order valence-electron chi connectivity index (χ2n) is 8.43. The number of ether oxygens (including phenoxy) is 1. The van der Waals surface area contributed by atoms with Crippen molar-refractivity contribution in [3.05, 3.63) is 71.1 Å². The standard InChI is InChI=1S/C18H19N5O.3C2HF3O2/c1-13-4-2-5-14(20-13)9-23-10-16-17(11-23)21-22-18(16)12-24-15-6-3-7-19-8-15;3*3-2(4,5)1(6)7/h2-8H,9-12H2,1H3,(H,21,22);3*(H,6,7). The fourth-order valence-electron chi connectivity index (χ4n) is 3.00. The zero-order valence-electron chi connectivity index (χ0n) is 22.5. The minimum absolute atomic E-state index is 0.452. The zero-order valence-corrected chi connectivity index (χ0v) is 22.5. The smallest absolute Gasteiger partial charge is 0.486 e. The number of carboxylic acids is 3. The van der Waals surface area contributed by atoms with Crippen LogP contribution in [0.15, 0.2) is 42.7 Å². The number of aliphatic carboxylic acids is 3. The number of nitrogens with one attached hydrogen (secondary N) is 1. The largest absolute Gasteiger partial charge is 0.490 e. The zero-order chi connectivity index (χ0) is 34.6. The number of aryl methyl sites for hydroxylation is 1. The number of aromatic amines is 1. The average Bonchev–Trinajstić information content (AvgIpc) is 3.48. The van der Waals surface area contributed by atoms with Crippen LogP contribution < -0.4 is 4.74 Å². The van der Waals surface area contributed by atoms with Gasteiger partial charge in [-0.25, -0.2) is 14.4 Å². The van der Waals surface area contributed by atoms with Gasteiger partial charge < -0.3 is 20.1 Å². The van der Waals surface area contributed by atoms with Gasteiger partial charge in [0.05, 0.1) is 17.6 Å². The van der Waals surface area contributed by atoms with E-state index in [1.54, 1.807) is 12.4 Å². The lowest BCUT2D eigenvalue weighted by Crippen LogP contribution is -2.21. The van der Waals surface area contributed by atoms with Crippen LogP contribution in [0.2, 0.25) is 0 Å². The van der Waals surface area contributed by atoms with E-state index in [0.717, 1.165) is 42.5 Å². The summed E-state index contributed by atoms with van der Waals surface area (Å²) in [6.45, 7) is 5.05. The first-order chi connectivity index (χ1) is 20.6. The number of pyridine rings is 2. The van der Waals surface area contributed by atoms with Crippen LogP contribution in [-0.2, 0) is 40.6 Å². The van der Waals surface area contributed by atoms with Crippen molar-refractivity contribution in [1.29, 1.82) is 0 Å². The molecule has 0 amide bonds. The van der Waals surface area contributed by atoms with Crippen molar-refractivity contribution in [2.45, 2.75) is 51.7 Å². The topological polar surface area (TPSA) is 179 Å². The molecule has 4 rings (SSSR count). The number of halogens is 9. The molecule has 0 aliphatic carbocycles. The van der Waals surface area contributed by atoms with Gasteiger partial charge in [-0.2, -0.15) is 44.6 Å². The minimum Gasteiger partial charge on any atom is -0.486 e. The molecule has 0 saturated heterocycles. The fourth-order valence-corrected chi connectivity index (χ4v) is 3.00. The molecule has 0 radical (unpaired) electrons. The highest BCUT2D eigenvalue weighted by molar-refractivity contribution is 5.73. The summed E-state index contributed by atoms with van der Waals surface area (Å²) >= 11 is 0. The lowest BCUT2D eigenvalue weighted by molar-refractivity contribution is -0.193. The number of nitrogens with zero attached hydrogens (tertiary/aromatic N) is 4. The molecule has 1 aliphatic heterocycles. The summed E-state index contributed by atoms with van der Waals surface area (Å²) in [5.41, 5.74) is 5.53. The number of fused-ring (bicyclic) bond motifs is 1. The van der Waals surface area contributed by atoms with Crippen molar-refractivity contribution < 1.29 is 74.0 Å². The van der Waals surface area contributed by atoms with Crippen LogP contribution in [-0.4, -0.2) is 76.8 Å². The third-order valence-corrected chi connectivity index (χ3v) is 4.87. The highest BCUT2D eigenvalue weighted by Gasteiger charge is 2.39. The van der Waals surface area contributed by atoms with E-state index >= 15 is 0 Å². The Hall–Kier alpha value is -4.95. The molecule has 0 fully saturated rings. The molecule has 3 aromatic heterocycles. The van der Waals surface area contributed by atoms with Gasteiger partial charge in [0.25, 0.3) is 0 Å². The van der Waals surface area contributed by atoms with Crippen LogP contribution in [0.25, 0.3) is 0 Å². The van der Waals surface area contributed by atoms with Crippen molar-refractivity contribution >= 4 is 17.9 Å². The van der Waals surface area contributed by atoms with E-state index in [4.69, 9.17) is 34.4 Å². The lowest BCUT2D eigenvalue weighted by atomic mass is 10.2. The molecule has 248 valence electrons. The lowest BCUT2D eigenvalue weighted by Gasteiger charge is -2.14. The first-order valence-electron chi connectivity index (χ1n) is 11.7. The number of H-pyrrole nitrogens is 1. The molecule has 3 aromatic rings. The van der Waals surface area contributed by atoms with Gasteiger partial charge in [0.2, 0.25) is 0 Å². The first-order valence-corrected chi connectivity index (χ1v) is 11.7. The van der Waals surface area contributed by atoms with Gasteiger partial charge in [0, 0.05) is 37.1 Å². The van der Waals surface area contributed by atoms with E-state index in [1.165, 1.54) is 11.3 Å². The van der Waals surface area contributed by atoms with E-state index in [0.29, 0.717) is 6.61 Å². The molecule has 0 bridgehead atoms. The third kappa shape index (κ3) is 14.4. The highest BCUT2D eigenvalue weighted by Crippen LogP contribution is 2.26. The van der Waals surface area contributed by atoms with Crippen LogP contribution in [0.5, 0.6) is 5.75 Å². The maximum absolute atomic E-state index is 10.6. The van der Waals surface area contributed by atoms with E-state index < -0.39 is 36.4 Å². The molecule has 1 aliphatic rings. The molecule has 0 unspecified atom stereocenters. The van der Waals surface area contributed by atoms with Gasteiger partial charge in [-0.15, -0.1) is 0 Å². The number of alkyl halides is 9. The van der Waals surface area contributed by atoms with Crippen LogP contribution in [0.4, 0.5) is 39.5 Å². The number of hydrogen-bond acceptors (Lipinski definition) is 8. The molecule has 0 atom stereocenters. The highest BCUT2D eigenvalue weighted by atomic mass is 19.4. The number of carbonyl (C=O) groups is 3. The Morgan fingerprint density at radius 3 is 1.84 bits per heavy atom. The Labute approximate surface area is 246 Å².